The molecule has 1 atom stereocenters. The first-order valence-electron chi connectivity index (χ1n) is 5.85. The standard InChI is InChI=1S/C13H20BrNO3/c1-12(2,3)18-11(16)15-10(7-6-8-14)9-17-13(15,4)5/h7-8,10H,9H2,1-5H3. The number of carbonyl (C=O) groups is 1. The normalized spacial score (nSPS) is 22.3. The molecule has 0 aromatic carbocycles. The van der Waals surface area contributed by atoms with Crippen LogP contribution in [-0.2, 0) is 9.47 Å². The van der Waals surface area contributed by atoms with Gasteiger partial charge in [0.15, 0.2) is 0 Å². The summed E-state index contributed by atoms with van der Waals surface area (Å²) in [5.74, 6) is 0. The first kappa shape index (κ1) is 15.3. The second-order valence-electron chi connectivity index (χ2n) is 5.62. The lowest BCUT2D eigenvalue weighted by Crippen LogP contribution is -2.49. The Bertz CT molecular complexity index is 378. The Labute approximate surface area is 117 Å². The Hall–Kier alpha value is -0.770. The van der Waals surface area contributed by atoms with E-state index in [1.54, 1.807) is 16.0 Å². The SMILES string of the molecule is CC(C)(C)OC(=O)N1C(C=C=CBr)COC1(C)C. The third-order valence-corrected chi connectivity index (χ3v) is 2.73. The van der Waals surface area contributed by atoms with Crippen molar-refractivity contribution in [2.24, 2.45) is 0 Å². The van der Waals surface area contributed by atoms with E-state index in [0.717, 1.165) is 0 Å². The molecule has 1 unspecified atom stereocenters. The van der Waals surface area contributed by atoms with Crippen LogP contribution in [0.25, 0.3) is 0 Å². The number of amides is 1. The van der Waals surface area contributed by atoms with Crippen molar-refractivity contribution in [3.8, 4) is 0 Å². The summed E-state index contributed by atoms with van der Waals surface area (Å²) in [6.07, 6.45) is 1.41. The molecule has 0 spiro atoms. The van der Waals surface area contributed by atoms with Crippen molar-refractivity contribution in [1.82, 2.24) is 4.90 Å². The minimum Gasteiger partial charge on any atom is -0.444 e. The van der Waals surface area contributed by atoms with Gasteiger partial charge in [-0.1, -0.05) is 15.9 Å². The van der Waals surface area contributed by atoms with Gasteiger partial charge in [-0.3, -0.25) is 4.90 Å². The largest absolute Gasteiger partial charge is 0.444 e. The topological polar surface area (TPSA) is 38.8 Å². The molecule has 0 saturated carbocycles. The van der Waals surface area contributed by atoms with Gasteiger partial charge in [0.1, 0.15) is 11.3 Å². The van der Waals surface area contributed by atoms with Crippen LogP contribution in [0.5, 0.6) is 0 Å². The van der Waals surface area contributed by atoms with Gasteiger partial charge >= 0.3 is 6.09 Å². The van der Waals surface area contributed by atoms with Gasteiger partial charge in [-0.05, 0) is 40.7 Å². The maximum atomic E-state index is 12.2. The van der Waals surface area contributed by atoms with E-state index in [2.05, 4.69) is 21.7 Å². The van der Waals surface area contributed by atoms with Gasteiger partial charge in [-0.25, -0.2) is 4.79 Å². The molecule has 5 heteroatoms. The van der Waals surface area contributed by atoms with Crippen molar-refractivity contribution >= 4 is 22.0 Å². The first-order chi connectivity index (χ1) is 8.17. The molecule has 1 rings (SSSR count). The maximum absolute atomic E-state index is 12.2. The van der Waals surface area contributed by atoms with Crippen molar-refractivity contribution in [2.45, 2.75) is 52.0 Å². The molecule has 0 radical (unpaired) electrons. The molecule has 0 bridgehead atoms. The second-order valence-corrected chi connectivity index (χ2v) is 6.08. The highest BCUT2D eigenvalue weighted by atomic mass is 79.9. The fourth-order valence-electron chi connectivity index (χ4n) is 1.77. The van der Waals surface area contributed by atoms with Crippen molar-refractivity contribution in [3.05, 3.63) is 16.8 Å². The van der Waals surface area contributed by atoms with Crippen LogP contribution in [0, 0.1) is 0 Å². The molecule has 0 aromatic heterocycles. The summed E-state index contributed by atoms with van der Waals surface area (Å²) in [4.78, 5) is 15.4. The van der Waals surface area contributed by atoms with Gasteiger partial charge in [-0.15, -0.1) is 5.73 Å². The summed E-state index contributed by atoms with van der Waals surface area (Å²) in [6.45, 7) is 9.68. The molecule has 1 fully saturated rings. The number of hydrogen-bond acceptors (Lipinski definition) is 3. The average Bonchev–Trinajstić information content (AvgIpc) is 2.48. The number of halogens is 1. The molecule has 0 N–H and O–H groups in total. The molecular weight excluding hydrogens is 298 g/mol. The van der Waals surface area contributed by atoms with E-state index >= 15 is 0 Å². The van der Waals surface area contributed by atoms with E-state index < -0.39 is 11.3 Å². The van der Waals surface area contributed by atoms with Crippen LogP contribution in [0.3, 0.4) is 0 Å². The van der Waals surface area contributed by atoms with Gasteiger partial charge in [0.05, 0.1) is 12.6 Å². The van der Waals surface area contributed by atoms with Gasteiger partial charge in [0, 0.05) is 4.99 Å². The minimum absolute atomic E-state index is 0.163. The van der Waals surface area contributed by atoms with Crippen molar-refractivity contribution < 1.29 is 14.3 Å². The molecule has 1 amide bonds. The lowest BCUT2D eigenvalue weighted by Gasteiger charge is -2.34. The quantitative estimate of drug-likeness (QED) is 0.695. The summed E-state index contributed by atoms with van der Waals surface area (Å²) in [6, 6.07) is -0.163. The van der Waals surface area contributed by atoms with E-state index in [0.29, 0.717) is 6.61 Å². The van der Waals surface area contributed by atoms with Crippen LogP contribution in [0.4, 0.5) is 4.79 Å². The number of ether oxygens (including phenoxy) is 2. The van der Waals surface area contributed by atoms with E-state index in [1.807, 2.05) is 34.6 Å². The van der Waals surface area contributed by atoms with Gasteiger partial charge in [0.25, 0.3) is 0 Å². The highest BCUT2D eigenvalue weighted by molar-refractivity contribution is 9.11. The summed E-state index contributed by atoms with van der Waals surface area (Å²) >= 11 is 3.15. The predicted molar refractivity (Wildman–Crippen MR) is 73.5 cm³/mol. The molecule has 1 aliphatic heterocycles. The zero-order valence-corrected chi connectivity index (χ0v) is 13.1. The Kier molecular flexibility index (Phi) is 4.65. The van der Waals surface area contributed by atoms with Crippen LogP contribution in [-0.4, -0.2) is 35.0 Å². The summed E-state index contributed by atoms with van der Waals surface area (Å²) < 4.78 is 11.0. The highest BCUT2D eigenvalue weighted by Crippen LogP contribution is 2.29. The van der Waals surface area contributed by atoms with Gasteiger partial charge in [0.2, 0.25) is 0 Å². The zero-order chi connectivity index (χ0) is 14.0. The fourth-order valence-corrected chi connectivity index (χ4v) is 1.92. The van der Waals surface area contributed by atoms with Crippen LogP contribution >= 0.6 is 15.9 Å². The molecule has 1 heterocycles. The number of nitrogens with zero attached hydrogens (tertiary/aromatic N) is 1. The Morgan fingerprint density at radius 3 is 2.67 bits per heavy atom. The molecular formula is C13H20BrNO3. The lowest BCUT2D eigenvalue weighted by molar-refractivity contribution is -0.0610. The summed E-state index contributed by atoms with van der Waals surface area (Å²) in [5, 5.41) is 0. The Morgan fingerprint density at radius 1 is 1.56 bits per heavy atom. The Balaban J connectivity index is 2.92. The molecule has 18 heavy (non-hydrogen) atoms. The zero-order valence-electron chi connectivity index (χ0n) is 11.5. The van der Waals surface area contributed by atoms with Crippen LogP contribution in [0.1, 0.15) is 34.6 Å². The Morgan fingerprint density at radius 2 is 2.17 bits per heavy atom. The smallest absolute Gasteiger partial charge is 0.413 e. The van der Waals surface area contributed by atoms with E-state index in [1.165, 1.54) is 0 Å². The van der Waals surface area contributed by atoms with Crippen LogP contribution in [0.2, 0.25) is 0 Å². The highest BCUT2D eigenvalue weighted by Gasteiger charge is 2.44. The lowest BCUT2D eigenvalue weighted by atomic mass is 10.2. The van der Waals surface area contributed by atoms with E-state index in [-0.39, 0.29) is 12.1 Å². The van der Waals surface area contributed by atoms with Gasteiger partial charge in [-0.2, -0.15) is 0 Å². The van der Waals surface area contributed by atoms with E-state index in [4.69, 9.17) is 9.47 Å². The number of carbonyl (C=O) groups excluding carboxylic acids is 1. The van der Waals surface area contributed by atoms with Crippen molar-refractivity contribution in [1.29, 1.82) is 0 Å². The molecule has 1 aliphatic rings. The second kappa shape index (κ2) is 5.47. The first-order valence-corrected chi connectivity index (χ1v) is 6.76. The predicted octanol–water partition coefficient (Wildman–Crippen LogP) is 3.42. The van der Waals surface area contributed by atoms with Crippen LogP contribution in [0.15, 0.2) is 16.8 Å². The summed E-state index contributed by atoms with van der Waals surface area (Å²) in [5.41, 5.74) is 1.73. The van der Waals surface area contributed by atoms with Gasteiger partial charge < -0.3 is 9.47 Å². The number of hydrogen-bond donors (Lipinski definition) is 0. The monoisotopic (exact) mass is 317 g/mol. The van der Waals surface area contributed by atoms with Crippen LogP contribution < -0.4 is 0 Å². The third kappa shape index (κ3) is 3.87. The van der Waals surface area contributed by atoms with Crippen molar-refractivity contribution in [3.63, 3.8) is 0 Å². The third-order valence-electron chi connectivity index (χ3n) is 2.46. The van der Waals surface area contributed by atoms with E-state index in [9.17, 15) is 4.79 Å². The fraction of sp³-hybridized carbons (Fsp3) is 0.692. The molecule has 102 valence electrons. The van der Waals surface area contributed by atoms with Crippen molar-refractivity contribution in [2.75, 3.05) is 6.61 Å². The minimum atomic E-state index is -0.669. The summed E-state index contributed by atoms with van der Waals surface area (Å²) in [7, 11) is 0. The molecule has 0 aromatic rings. The maximum Gasteiger partial charge on any atom is 0.413 e. The molecule has 1 saturated heterocycles. The molecule has 4 nitrogen and oxygen atoms in total. The molecule has 0 aliphatic carbocycles. The number of rotatable bonds is 1. The average molecular weight is 318 g/mol.